The summed E-state index contributed by atoms with van der Waals surface area (Å²) in [5, 5.41) is 1.11. The van der Waals surface area contributed by atoms with Gasteiger partial charge in [0.2, 0.25) is 0 Å². The van der Waals surface area contributed by atoms with Crippen molar-refractivity contribution in [2.45, 2.75) is 45.1 Å². The van der Waals surface area contributed by atoms with E-state index in [9.17, 15) is 4.79 Å². The fraction of sp³-hybridized carbons (Fsp3) is 0.562. The average Bonchev–Trinajstić information content (AvgIpc) is 2.40. The summed E-state index contributed by atoms with van der Waals surface area (Å²) in [6.45, 7) is 7.04. The van der Waals surface area contributed by atoms with Gasteiger partial charge >= 0.3 is 6.09 Å². The van der Waals surface area contributed by atoms with Gasteiger partial charge in [-0.2, -0.15) is 0 Å². The van der Waals surface area contributed by atoms with Crippen LogP contribution in [0, 0.1) is 0 Å². The maximum absolute atomic E-state index is 12.2. The summed E-state index contributed by atoms with van der Waals surface area (Å²) in [5.74, 6) is 0.279. The largest absolute Gasteiger partial charge is 0.444 e. The number of halogens is 2. The van der Waals surface area contributed by atoms with E-state index in [2.05, 4.69) is 0 Å². The normalized spacial score (nSPS) is 19.5. The Morgan fingerprint density at radius 3 is 2.62 bits per heavy atom. The standard InChI is InChI=1S/C16H21Cl2NO2/c1-16(2,3)21-15(20)19-8-4-5-12(10-19)11-6-7-13(17)14(18)9-11/h6-7,9,12H,4-5,8,10H2,1-3H3/t12-/m1/s1. The lowest BCUT2D eigenvalue weighted by molar-refractivity contribution is 0.0198. The van der Waals surface area contributed by atoms with Gasteiger partial charge in [-0.15, -0.1) is 0 Å². The van der Waals surface area contributed by atoms with Crippen LogP contribution in [-0.2, 0) is 4.74 Å². The topological polar surface area (TPSA) is 29.5 Å². The van der Waals surface area contributed by atoms with E-state index in [4.69, 9.17) is 27.9 Å². The zero-order valence-electron chi connectivity index (χ0n) is 12.7. The molecule has 1 amide bonds. The summed E-state index contributed by atoms with van der Waals surface area (Å²) in [6, 6.07) is 5.69. The predicted octanol–water partition coefficient (Wildman–Crippen LogP) is 5.11. The minimum Gasteiger partial charge on any atom is -0.444 e. The van der Waals surface area contributed by atoms with Gasteiger partial charge < -0.3 is 9.64 Å². The second-order valence-electron chi connectivity index (χ2n) is 6.44. The molecule has 0 bridgehead atoms. The van der Waals surface area contributed by atoms with Crippen molar-refractivity contribution in [2.75, 3.05) is 13.1 Å². The summed E-state index contributed by atoms with van der Waals surface area (Å²) < 4.78 is 5.44. The molecule has 1 saturated heterocycles. The lowest BCUT2D eigenvalue weighted by Crippen LogP contribution is -2.42. The van der Waals surface area contributed by atoms with Crippen LogP contribution in [-0.4, -0.2) is 29.7 Å². The van der Waals surface area contributed by atoms with Crippen LogP contribution in [0.15, 0.2) is 18.2 Å². The molecule has 1 heterocycles. The quantitative estimate of drug-likeness (QED) is 0.716. The Balaban J connectivity index is 2.06. The van der Waals surface area contributed by atoms with Crippen LogP contribution in [0.1, 0.15) is 45.1 Å². The SMILES string of the molecule is CC(C)(C)OC(=O)N1CCC[C@@H](c2ccc(Cl)c(Cl)c2)C1. The number of piperidine rings is 1. The Bertz CT molecular complexity index is 525. The van der Waals surface area contributed by atoms with Crippen LogP contribution in [0.2, 0.25) is 10.0 Å². The lowest BCUT2D eigenvalue weighted by atomic mass is 9.91. The Kier molecular flexibility index (Phi) is 5.05. The Morgan fingerprint density at radius 2 is 2.00 bits per heavy atom. The van der Waals surface area contributed by atoms with Crippen LogP contribution in [0.25, 0.3) is 0 Å². The molecule has 0 N–H and O–H groups in total. The number of likely N-dealkylation sites (tertiary alicyclic amines) is 1. The Hall–Kier alpha value is -0.930. The molecule has 0 unspecified atom stereocenters. The molecule has 0 saturated carbocycles. The van der Waals surface area contributed by atoms with E-state index in [1.807, 2.05) is 39.0 Å². The molecule has 1 aromatic carbocycles. The van der Waals surface area contributed by atoms with Crippen LogP contribution >= 0.6 is 23.2 Å². The number of hydrogen-bond donors (Lipinski definition) is 0. The molecular weight excluding hydrogens is 309 g/mol. The first-order chi connectivity index (χ1) is 9.76. The van der Waals surface area contributed by atoms with Crippen molar-refractivity contribution in [3.63, 3.8) is 0 Å². The molecule has 1 aliphatic rings. The summed E-state index contributed by atoms with van der Waals surface area (Å²) in [4.78, 5) is 13.9. The zero-order valence-corrected chi connectivity index (χ0v) is 14.2. The van der Waals surface area contributed by atoms with Crippen LogP contribution in [0.5, 0.6) is 0 Å². The van der Waals surface area contributed by atoms with Gasteiger partial charge in [0.15, 0.2) is 0 Å². The first-order valence-corrected chi connectivity index (χ1v) is 7.95. The molecule has 0 aliphatic carbocycles. The Labute approximate surface area is 136 Å². The highest BCUT2D eigenvalue weighted by Gasteiger charge is 2.28. The highest BCUT2D eigenvalue weighted by Crippen LogP contribution is 2.31. The van der Waals surface area contributed by atoms with Gasteiger partial charge in [0, 0.05) is 19.0 Å². The van der Waals surface area contributed by atoms with Crippen molar-refractivity contribution >= 4 is 29.3 Å². The average molecular weight is 330 g/mol. The third-order valence-corrected chi connectivity index (χ3v) is 4.23. The van der Waals surface area contributed by atoms with Gasteiger partial charge in [0.1, 0.15) is 5.60 Å². The molecule has 0 spiro atoms. The second-order valence-corrected chi connectivity index (χ2v) is 7.25. The second kappa shape index (κ2) is 6.45. The van der Waals surface area contributed by atoms with E-state index >= 15 is 0 Å². The molecule has 116 valence electrons. The summed E-state index contributed by atoms with van der Waals surface area (Å²) in [7, 11) is 0. The Morgan fingerprint density at radius 1 is 1.29 bits per heavy atom. The van der Waals surface area contributed by atoms with Crippen molar-refractivity contribution in [3.05, 3.63) is 33.8 Å². The highest BCUT2D eigenvalue weighted by molar-refractivity contribution is 6.42. The fourth-order valence-corrected chi connectivity index (χ4v) is 2.81. The first-order valence-electron chi connectivity index (χ1n) is 7.19. The van der Waals surface area contributed by atoms with E-state index in [1.165, 1.54) is 0 Å². The molecule has 2 rings (SSSR count). The number of carbonyl (C=O) groups is 1. The summed E-state index contributed by atoms with van der Waals surface area (Å²) in [5.41, 5.74) is 0.658. The van der Waals surface area contributed by atoms with E-state index in [0.29, 0.717) is 16.6 Å². The summed E-state index contributed by atoms with van der Waals surface area (Å²) in [6.07, 6.45) is 1.76. The van der Waals surface area contributed by atoms with Crippen molar-refractivity contribution in [2.24, 2.45) is 0 Å². The number of ether oxygens (including phenoxy) is 1. The van der Waals surface area contributed by atoms with Gasteiger partial charge in [-0.3, -0.25) is 0 Å². The van der Waals surface area contributed by atoms with Crippen LogP contribution < -0.4 is 0 Å². The molecule has 5 heteroatoms. The number of carbonyl (C=O) groups excluding carboxylic acids is 1. The molecule has 1 aliphatic heterocycles. The van der Waals surface area contributed by atoms with Crippen molar-refractivity contribution in [1.82, 2.24) is 4.90 Å². The van der Waals surface area contributed by atoms with Gasteiger partial charge in [-0.25, -0.2) is 4.79 Å². The zero-order chi connectivity index (χ0) is 15.6. The minimum absolute atomic E-state index is 0.243. The maximum atomic E-state index is 12.2. The smallest absolute Gasteiger partial charge is 0.410 e. The summed E-state index contributed by atoms with van der Waals surface area (Å²) >= 11 is 12.0. The molecule has 21 heavy (non-hydrogen) atoms. The van der Waals surface area contributed by atoms with Crippen molar-refractivity contribution in [1.29, 1.82) is 0 Å². The van der Waals surface area contributed by atoms with Crippen molar-refractivity contribution in [3.8, 4) is 0 Å². The number of rotatable bonds is 1. The number of benzene rings is 1. The number of nitrogens with zero attached hydrogens (tertiary/aromatic N) is 1. The van der Waals surface area contributed by atoms with E-state index in [0.717, 1.165) is 24.9 Å². The van der Waals surface area contributed by atoms with Gasteiger partial charge in [-0.1, -0.05) is 29.3 Å². The molecular formula is C16H21Cl2NO2. The molecule has 1 fully saturated rings. The third-order valence-electron chi connectivity index (χ3n) is 3.49. The maximum Gasteiger partial charge on any atom is 0.410 e. The highest BCUT2D eigenvalue weighted by atomic mass is 35.5. The van der Waals surface area contributed by atoms with Crippen LogP contribution in [0.3, 0.4) is 0 Å². The van der Waals surface area contributed by atoms with E-state index in [-0.39, 0.29) is 12.0 Å². The molecule has 0 radical (unpaired) electrons. The van der Waals surface area contributed by atoms with E-state index in [1.54, 1.807) is 4.90 Å². The minimum atomic E-state index is -0.465. The number of amides is 1. The first kappa shape index (κ1) is 16.4. The third kappa shape index (κ3) is 4.52. The van der Waals surface area contributed by atoms with Gasteiger partial charge in [0.05, 0.1) is 10.0 Å². The molecule has 0 aromatic heterocycles. The van der Waals surface area contributed by atoms with Crippen molar-refractivity contribution < 1.29 is 9.53 Å². The predicted molar refractivity (Wildman–Crippen MR) is 86.2 cm³/mol. The molecule has 1 atom stereocenters. The lowest BCUT2D eigenvalue weighted by Gasteiger charge is -2.34. The van der Waals surface area contributed by atoms with E-state index < -0.39 is 5.60 Å². The fourth-order valence-electron chi connectivity index (χ4n) is 2.51. The molecule has 1 aromatic rings. The van der Waals surface area contributed by atoms with Gasteiger partial charge in [0.25, 0.3) is 0 Å². The monoisotopic (exact) mass is 329 g/mol. The number of hydrogen-bond acceptors (Lipinski definition) is 2. The van der Waals surface area contributed by atoms with Crippen LogP contribution in [0.4, 0.5) is 4.79 Å². The molecule has 3 nitrogen and oxygen atoms in total. The van der Waals surface area contributed by atoms with Gasteiger partial charge in [-0.05, 0) is 51.3 Å².